The summed E-state index contributed by atoms with van der Waals surface area (Å²) in [4.78, 5) is 11.7. The van der Waals surface area contributed by atoms with E-state index in [4.69, 9.17) is 30.3 Å². The summed E-state index contributed by atoms with van der Waals surface area (Å²) in [6.45, 7) is 4.49. The van der Waals surface area contributed by atoms with Crippen LogP contribution in [-0.4, -0.2) is 20.7 Å². The molecule has 0 saturated carbocycles. The fourth-order valence-corrected chi connectivity index (χ4v) is 14.5. The molecular weight excluding hydrogens is 731 g/mol. The Kier molecular flexibility index (Phi) is 14.3. The van der Waals surface area contributed by atoms with Crippen molar-refractivity contribution in [1.82, 2.24) is 0 Å². The minimum Gasteiger partial charge on any atom is -0.150 e. The van der Waals surface area contributed by atoms with E-state index in [-0.39, 0.29) is 0 Å². The first kappa shape index (κ1) is 32.2. The van der Waals surface area contributed by atoms with E-state index in [1.807, 2.05) is 81.5 Å². The fraction of sp³-hybridized carbons (Fsp3) is 0.231. The van der Waals surface area contributed by atoms with Gasteiger partial charge in [-0.2, -0.15) is 11.3 Å². The van der Waals surface area contributed by atoms with Gasteiger partial charge in [-0.25, -0.2) is 0 Å². The Morgan fingerprint density at radius 2 is 1.18 bits per heavy atom. The Morgan fingerprint density at radius 1 is 0.684 bits per heavy atom. The van der Waals surface area contributed by atoms with E-state index in [1.165, 1.54) is 50.6 Å². The molecule has 2 aliphatic heterocycles. The van der Waals surface area contributed by atoms with Gasteiger partial charge >= 0.3 is 41.5 Å². The number of fused-ring (bicyclic) bond motifs is 2. The molecule has 2 aliphatic rings. The van der Waals surface area contributed by atoms with Crippen molar-refractivity contribution < 1.29 is 11.2 Å². The van der Waals surface area contributed by atoms with Crippen LogP contribution in [0.2, 0.25) is 0 Å². The molecule has 0 nitrogen and oxygen atoms in total. The molecule has 205 valence electrons. The van der Waals surface area contributed by atoms with E-state index < -0.39 is 11.2 Å². The minimum atomic E-state index is -1.33. The molecule has 38 heavy (non-hydrogen) atoms. The summed E-state index contributed by atoms with van der Waals surface area (Å²) in [5.41, 5.74) is 0. The molecule has 2 aromatic carbocycles. The maximum atomic E-state index is 4.89. The van der Waals surface area contributed by atoms with Crippen LogP contribution in [0.15, 0.2) is 101 Å². The Hall–Kier alpha value is 1.33. The summed E-state index contributed by atoms with van der Waals surface area (Å²) in [7, 11) is 14.7. The van der Waals surface area contributed by atoms with Gasteiger partial charge < -0.3 is 0 Å². The van der Waals surface area contributed by atoms with Crippen molar-refractivity contribution in [1.29, 1.82) is 0 Å². The van der Waals surface area contributed by atoms with Gasteiger partial charge in [0.25, 0.3) is 0 Å². The number of thiophene rings is 2. The molecular formula is C26H24Cl3FeS8. The number of thioether (sulfide) groups is 6. The zero-order valence-corrected chi connectivity index (χ0v) is 30.2. The molecule has 12 heteroatoms. The number of aryl methyl sites for hydroxylation is 2. The first-order valence-electron chi connectivity index (χ1n) is 11.2. The first-order valence-corrected chi connectivity index (χ1v) is 23.0. The number of hydrogen-bond donors (Lipinski definition) is 0. The van der Waals surface area contributed by atoms with Crippen LogP contribution < -0.4 is 0 Å². The van der Waals surface area contributed by atoms with Crippen molar-refractivity contribution in [2.45, 2.75) is 52.4 Å². The summed E-state index contributed by atoms with van der Waals surface area (Å²) in [5.74, 6) is 2.40. The molecule has 4 heterocycles. The third kappa shape index (κ3) is 10.3. The second kappa shape index (κ2) is 16.8. The largest absolute Gasteiger partial charge is 0.150 e. The molecule has 0 amide bonds. The van der Waals surface area contributed by atoms with Crippen molar-refractivity contribution in [2.75, 3.05) is 11.5 Å². The number of benzene rings is 2. The molecule has 2 aromatic heterocycles. The van der Waals surface area contributed by atoms with Crippen LogP contribution in [0.25, 0.3) is 0 Å². The van der Waals surface area contributed by atoms with Crippen molar-refractivity contribution >= 4 is 124 Å². The summed E-state index contributed by atoms with van der Waals surface area (Å²) < 4.78 is 1.28. The summed E-state index contributed by atoms with van der Waals surface area (Å²) >= 11 is 14.5. The van der Waals surface area contributed by atoms with Crippen molar-refractivity contribution in [3.05, 3.63) is 81.2 Å². The maximum Gasteiger partial charge on any atom is 0.0691 e. The summed E-state index contributed by atoms with van der Waals surface area (Å²) in [6, 6.07) is 21.4. The van der Waals surface area contributed by atoms with E-state index in [2.05, 4.69) is 97.0 Å². The fourth-order valence-electron chi connectivity index (χ4n) is 3.48. The predicted molar refractivity (Wildman–Crippen MR) is 181 cm³/mol. The van der Waals surface area contributed by atoms with Crippen molar-refractivity contribution in [3.8, 4) is 0 Å². The molecule has 0 spiro atoms. The average molecular weight is 755 g/mol. The first-order chi connectivity index (χ1) is 18.4. The molecule has 0 radical (unpaired) electrons. The third-order valence-corrected chi connectivity index (χ3v) is 16.2. The quantitative estimate of drug-likeness (QED) is 0.189. The number of hydrogen-bond acceptors (Lipinski definition) is 8. The van der Waals surface area contributed by atoms with E-state index in [1.54, 1.807) is 0 Å². The van der Waals surface area contributed by atoms with Gasteiger partial charge in [0, 0.05) is 61.4 Å². The molecule has 0 N–H and O–H groups in total. The average Bonchev–Trinajstić information content (AvgIpc) is 3.48. The van der Waals surface area contributed by atoms with E-state index in [0.29, 0.717) is 9.16 Å². The van der Waals surface area contributed by atoms with Gasteiger partial charge in [-0.15, -0.1) is 81.9 Å². The third-order valence-electron chi connectivity index (χ3n) is 5.01. The zero-order chi connectivity index (χ0) is 26.9. The molecule has 0 fully saturated rings. The normalized spacial score (nSPS) is 18.2. The summed E-state index contributed by atoms with van der Waals surface area (Å²) in [6.07, 6.45) is 0. The SMILES string of the molecule is Cc1sc(C)c2c1SCC(Sc1ccccc1)S2.[Cl][Fe]([Cl])[Cl].c1ccc(SC2CSc3cscc3S2)cc1. The predicted octanol–water partition coefficient (Wildman–Crippen LogP) is 12.8. The zero-order valence-electron chi connectivity index (χ0n) is 20.3. The van der Waals surface area contributed by atoms with Gasteiger partial charge in [0.1, 0.15) is 0 Å². The smallest absolute Gasteiger partial charge is 0.0691 e. The van der Waals surface area contributed by atoms with Gasteiger partial charge in [-0.05, 0) is 38.1 Å². The van der Waals surface area contributed by atoms with Crippen LogP contribution in [0, 0.1) is 13.8 Å². The molecule has 0 bridgehead atoms. The molecule has 0 saturated heterocycles. The van der Waals surface area contributed by atoms with Crippen LogP contribution in [-0.2, 0) is 11.2 Å². The van der Waals surface area contributed by atoms with Gasteiger partial charge in [-0.1, -0.05) is 36.4 Å². The van der Waals surface area contributed by atoms with Crippen LogP contribution in [0.1, 0.15) is 9.75 Å². The van der Waals surface area contributed by atoms with E-state index >= 15 is 0 Å². The molecule has 6 rings (SSSR count). The minimum absolute atomic E-state index is 0.637. The second-order valence-electron chi connectivity index (χ2n) is 7.70. The molecule has 4 aromatic rings. The maximum absolute atomic E-state index is 4.89. The van der Waals surface area contributed by atoms with Crippen LogP contribution in [0.3, 0.4) is 0 Å². The topological polar surface area (TPSA) is 0 Å². The Bertz CT molecular complexity index is 1260. The van der Waals surface area contributed by atoms with Crippen molar-refractivity contribution in [2.24, 2.45) is 0 Å². The second-order valence-corrected chi connectivity index (χ2v) is 23.0. The Morgan fingerprint density at radius 3 is 1.79 bits per heavy atom. The molecule has 2 atom stereocenters. The van der Waals surface area contributed by atoms with Crippen LogP contribution in [0.4, 0.5) is 0 Å². The van der Waals surface area contributed by atoms with Gasteiger partial charge in [0.15, 0.2) is 0 Å². The van der Waals surface area contributed by atoms with Crippen molar-refractivity contribution in [3.63, 3.8) is 0 Å². The summed E-state index contributed by atoms with van der Waals surface area (Å²) in [5, 5.41) is 4.53. The molecule has 2 unspecified atom stereocenters. The van der Waals surface area contributed by atoms with Gasteiger partial charge in [0.05, 0.1) is 9.16 Å². The standard InChI is InChI=1S/C14H14S4.C12H10S4.3ClH.Fe/c1-9-13-14(10(2)16-9)18-12(8-15-13)17-11-6-4-3-5-7-11;1-2-4-9(5-3-1)15-12-8-14-10-6-13-7-11(10)16-12;;;;/h3-7,12H,8H2,1-2H3;1-7,12H,8H2;3*1H;/q;;;;;+3/p-3. The Balaban J connectivity index is 0.000000156. The van der Waals surface area contributed by atoms with Crippen LogP contribution >= 0.6 is 124 Å². The molecule has 0 aliphatic carbocycles. The monoisotopic (exact) mass is 753 g/mol. The van der Waals surface area contributed by atoms with Gasteiger partial charge in [0.2, 0.25) is 0 Å². The Labute approximate surface area is 276 Å². The van der Waals surface area contributed by atoms with E-state index in [0.717, 1.165) is 0 Å². The van der Waals surface area contributed by atoms with E-state index in [9.17, 15) is 0 Å². The van der Waals surface area contributed by atoms with Crippen LogP contribution in [0.5, 0.6) is 0 Å². The number of rotatable bonds is 4. The van der Waals surface area contributed by atoms with Gasteiger partial charge in [-0.3, -0.25) is 0 Å². The number of halogens is 3.